The Labute approximate surface area is 116 Å². The second-order valence-electron chi connectivity index (χ2n) is 6.52. The first-order valence-corrected chi connectivity index (χ1v) is 6.60. The highest BCUT2D eigenvalue weighted by Crippen LogP contribution is 2.15. The maximum atomic E-state index is 11.4. The molecule has 0 unspecified atom stereocenters. The minimum absolute atomic E-state index is 0.214. The Morgan fingerprint density at radius 3 is 1.37 bits per heavy atom. The van der Waals surface area contributed by atoms with Crippen molar-refractivity contribution >= 4 is 11.9 Å². The van der Waals surface area contributed by atoms with E-state index in [2.05, 4.69) is 5.32 Å². The molecular weight excluding hydrogens is 246 g/mol. The Bertz CT molecular complexity index is 270. The minimum atomic E-state index is -0.470. The van der Waals surface area contributed by atoms with E-state index in [-0.39, 0.29) is 11.9 Å². The number of hydrogen-bond donors (Lipinski definition) is 1. The van der Waals surface area contributed by atoms with E-state index in [1.54, 1.807) is 0 Å². The molecule has 5 heteroatoms. The normalized spacial score (nSPS) is 12.1. The first-order chi connectivity index (χ1) is 8.55. The van der Waals surface area contributed by atoms with Gasteiger partial charge in [0, 0.05) is 13.1 Å². The summed E-state index contributed by atoms with van der Waals surface area (Å²) in [5.74, 6) is -0.429. The first kappa shape index (κ1) is 17.9. The fraction of sp³-hybridized carbons (Fsp3) is 0.857. The van der Waals surface area contributed by atoms with E-state index in [0.717, 1.165) is 0 Å². The second kappa shape index (κ2) is 7.48. The highest BCUT2D eigenvalue weighted by atomic mass is 16.5. The Morgan fingerprint density at radius 1 is 0.789 bits per heavy atom. The molecule has 0 aliphatic heterocycles. The number of esters is 2. The largest absolute Gasteiger partial charge is 0.464 e. The van der Waals surface area contributed by atoms with Crippen LogP contribution in [0.5, 0.6) is 0 Å². The average Bonchev–Trinajstić information content (AvgIpc) is 2.24. The van der Waals surface area contributed by atoms with E-state index in [1.165, 1.54) is 0 Å². The summed E-state index contributed by atoms with van der Waals surface area (Å²) in [5, 5.41) is 3.04. The summed E-state index contributed by atoms with van der Waals surface area (Å²) in [6, 6.07) is 0. The second-order valence-corrected chi connectivity index (χ2v) is 6.52. The summed E-state index contributed by atoms with van der Waals surface area (Å²) in [7, 11) is 0. The minimum Gasteiger partial charge on any atom is -0.464 e. The predicted molar refractivity (Wildman–Crippen MR) is 73.7 cm³/mol. The van der Waals surface area contributed by atoms with Crippen LogP contribution in [0.3, 0.4) is 0 Å². The van der Waals surface area contributed by atoms with Crippen LogP contribution in [0, 0.1) is 10.8 Å². The summed E-state index contributed by atoms with van der Waals surface area (Å²) in [6.45, 7) is 12.6. The van der Waals surface area contributed by atoms with Gasteiger partial charge >= 0.3 is 11.9 Å². The zero-order chi connectivity index (χ0) is 15.1. The lowest BCUT2D eigenvalue weighted by atomic mass is 9.97. The van der Waals surface area contributed by atoms with Crippen LogP contribution in [0.4, 0.5) is 0 Å². The summed E-state index contributed by atoms with van der Waals surface area (Å²) < 4.78 is 10.2. The Morgan fingerprint density at radius 2 is 1.11 bits per heavy atom. The highest BCUT2D eigenvalue weighted by molar-refractivity contribution is 5.75. The molecule has 112 valence electrons. The maximum absolute atomic E-state index is 11.4. The number of hydrogen-bond acceptors (Lipinski definition) is 5. The van der Waals surface area contributed by atoms with Gasteiger partial charge in [0.2, 0.25) is 0 Å². The standard InChI is InChI=1S/C14H27NO4/c1-13(2,3)11(16)18-9-7-15-8-10-19-12(17)14(4,5)6/h15H,7-10H2,1-6H3. The maximum Gasteiger partial charge on any atom is 0.311 e. The van der Waals surface area contributed by atoms with Gasteiger partial charge in [0.1, 0.15) is 13.2 Å². The summed E-state index contributed by atoms with van der Waals surface area (Å²) >= 11 is 0. The van der Waals surface area contributed by atoms with Gasteiger partial charge in [0.25, 0.3) is 0 Å². The molecule has 0 radical (unpaired) electrons. The molecular formula is C14H27NO4. The number of carbonyl (C=O) groups excluding carboxylic acids is 2. The number of carbonyl (C=O) groups is 2. The van der Waals surface area contributed by atoms with Crippen molar-refractivity contribution in [1.29, 1.82) is 0 Å². The van der Waals surface area contributed by atoms with Crippen molar-refractivity contribution in [2.45, 2.75) is 41.5 Å². The third-order valence-corrected chi connectivity index (χ3v) is 2.25. The van der Waals surface area contributed by atoms with Crippen molar-refractivity contribution in [3.05, 3.63) is 0 Å². The van der Waals surface area contributed by atoms with Gasteiger partial charge in [-0.25, -0.2) is 0 Å². The van der Waals surface area contributed by atoms with Crippen molar-refractivity contribution in [2.24, 2.45) is 10.8 Å². The zero-order valence-corrected chi connectivity index (χ0v) is 13.0. The molecule has 0 amide bonds. The first-order valence-electron chi connectivity index (χ1n) is 6.60. The highest BCUT2D eigenvalue weighted by Gasteiger charge is 2.23. The van der Waals surface area contributed by atoms with Gasteiger partial charge in [-0.3, -0.25) is 9.59 Å². The molecule has 5 nitrogen and oxygen atoms in total. The van der Waals surface area contributed by atoms with Gasteiger partial charge in [0.15, 0.2) is 0 Å². The molecule has 0 saturated carbocycles. The van der Waals surface area contributed by atoms with E-state index >= 15 is 0 Å². The molecule has 0 aliphatic rings. The van der Waals surface area contributed by atoms with Crippen molar-refractivity contribution in [3.63, 3.8) is 0 Å². The SMILES string of the molecule is CC(C)(C)C(=O)OCCNCCOC(=O)C(C)(C)C. The van der Waals surface area contributed by atoms with Gasteiger partial charge < -0.3 is 14.8 Å². The molecule has 0 spiro atoms. The van der Waals surface area contributed by atoms with Crippen LogP contribution in [0.25, 0.3) is 0 Å². The molecule has 0 aromatic rings. The fourth-order valence-corrected chi connectivity index (χ4v) is 0.990. The summed E-state index contributed by atoms with van der Waals surface area (Å²) in [6.07, 6.45) is 0. The van der Waals surface area contributed by atoms with Crippen LogP contribution in [0.15, 0.2) is 0 Å². The quantitative estimate of drug-likeness (QED) is 0.590. The topological polar surface area (TPSA) is 64.6 Å². The summed E-state index contributed by atoms with van der Waals surface area (Å²) in [5.41, 5.74) is -0.940. The van der Waals surface area contributed by atoms with Crippen LogP contribution in [-0.2, 0) is 19.1 Å². The lowest BCUT2D eigenvalue weighted by Crippen LogP contribution is -2.30. The van der Waals surface area contributed by atoms with Crippen LogP contribution in [0.2, 0.25) is 0 Å². The monoisotopic (exact) mass is 273 g/mol. The molecule has 19 heavy (non-hydrogen) atoms. The Balaban J connectivity index is 3.53. The number of rotatable bonds is 6. The third-order valence-electron chi connectivity index (χ3n) is 2.25. The van der Waals surface area contributed by atoms with Gasteiger partial charge in [-0.1, -0.05) is 0 Å². The lowest BCUT2D eigenvalue weighted by molar-refractivity contribution is -0.152. The third kappa shape index (κ3) is 8.59. The molecule has 0 aromatic carbocycles. The van der Waals surface area contributed by atoms with E-state index < -0.39 is 10.8 Å². The molecule has 0 saturated heterocycles. The van der Waals surface area contributed by atoms with Crippen LogP contribution in [0.1, 0.15) is 41.5 Å². The van der Waals surface area contributed by atoms with Crippen LogP contribution >= 0.6 is 0 Å². The smallest absolute Gasteiger partial charge is 0.311 e. The van der Waals surface area contributed by atoms with Crippen LogP contribution < -0.4 is 5.32 Å². The zero-order valence-electron chi connectivity index (χ0n) is 13.0. The molecule has 0 aromatic heterocycles. The molecule has 0 rings (SSSR count). The van der Waals surface area contributed by atoms with Crippen molar-refractivity contribution < 1.29 is 19.1 Å². The van der Waals surface area contributed by atoms with Gasteiger partial charge in [0.05, 0.1) is 10.8 Å². The predicted octanol–water partition coefficient (Wildman–Crippen LogP) is 1.75. The van der Waals surface area contributed by atoms with E-state index in [1.807, 2.05) is 41.5 Å². The summed E-state index contributed by atoms with van der Waals surface area (Å²) in [4.78, 5) is 22.9. The Hall–Kier alpha value is -1.10. The molecule has 0 fully saturated rings. The van der Waals surface area contributed by atoms with Gasteiger partial charge in [-0.2, -0.15) is 0 Å². The van der Waals surface area contributed by atoms with Crippen molar-refractivity contribution in [2.75, 3.05) is 26.3 Å². The molecule has 1 N–H and O–H groups in total. The number of nitrogens with one attached hydrogen (secondary N) is 1. The van der Waals surface area contributed by atoms with Crippen molar-refractivity contribution in [1.82, 2.24) is 5.32 Å². The number of ether oxygens (including phenoxy) is 2. The molecule has 0 bridgehead atoms. The molecule has 0 aliphatic carbocycles. The lowest BCUT2D eigenvalue weighted by Gasteiger charge is -2.17. The van der Waals surface area contributed by atoms with Crippen molar-refractivity contribution in [3.8, 4) is 0 Å². The van der Waals surface area contributed by atoms with E-state index in [0.29, 0.717) is 26.3 Å². The van der Waals surface area contributed by atoms with Gasteiger partial charge in [-0.05, 0) is 41.5 Å². The van der Waals surface area contributed by atoms with Gasteiger partial charge in [-0.15, -0.1) is 0 Å². The van der Waals surface area contributed by atoms with E-state index in [9.17, 15) is 9.59 Å². The molecule has 0 heterocycles. The van der Waals surface area contributed by atoms with E-state index in [4.69, 9.17) is 9.47 Å². The fourth-order valence-electron chi connectivity index (χ4n) is 0.990. The average molecular weight is 273 g/mol. The molecule has 0 atom stereocenters. The van der Waals surface area contributed by atoms with Crippen LogP contribution in [-0.4, -0.2) is 38.2 Å². The Kier molecular flexibility index (Phi) is 7.05.